The first-order valence-electron chi connectivity index (χ1n) is 9.51. The van der Waals surface area contributed by atoms with Gasteiger partial charge in [-0.1, -0.05) is 31.4 Å². The zero-order chi connectivity index (χ0) is 20.7. The van der Waals surface area contributed by atoms with Crippen LogP contribution in [0, 0.1) is 11.3 Å². The number of carbonyl (C=O) groups is 1. The van der Waals surface area contributed by atoms with Crippen molar-refractivity contribution in [3.63, 3.8) is 0 Å². The van der Waals surface area contributed by atoms with Crippen molar-refractivity contribution in [1.82, 2.24) is 10.3 Å². The van der Waals surface area contributed by atoms with Crippen LogP contribution in [0.4, 0.5) is 0 Å². The molecule has 0 unspecified atom stereocenters. The third-order valence-corrected chi connectivity index (χ3v) is 6.21. The van der Waals surface area contributed by atoms with Gasteiger partial charge >= 0.3 is 0 Å². The van der Waals surface area contributed by atoms with E-state index in [1.165, 1.54) is 19.3 Å². The van der Waals surface area contributed by atoms with Crippen LogP contribution >= 0.6 is 0 Å². The van der Waals surface area contributed by atoms with Crippen molar-refractivity contribution in [3.05, 3.63) is 59.7 Å². The lowest BCUT2D eigenvalue weighted by molar-refractivity contribution is -0.123. The number of nitrogens with zero attached hydrogens (tertiary/aromatic N) is 1. The molecule has 0 bridgehead atoms. The number of amides is 1. The van der Waals surface area contributed by atoms with E-state index in [2.05, 4.69) is 10.3 Å². The SMILES string of the molecule is N#Cc1ccc(OCC(=O)NNS(=O)(=O)c2ccc(C3CCCCC3)cc2)cc1. The van der Waals surface area contributed by atoms with Gasteiger partial charge in [0.1, 0.15) is 5.75 Å². The summed E-state index contributed by atoms with van der Waals surface area (Å²) < 4.78 is 30.0. The molecule has 0 aliphatic heterocycles. The average Bonchev–Trinajstić information content (AvgIpc) is 2.77. The molecule has 2 aromatic carbocycles. The van der Waals surface area contributed by atoms with Crippen molar-refractivity contribution in [2.45, 2.75) is 42.9 Å². The van der Waals surface area contributed by atoms with Crippen LogP contribution in [0.3, 0.4) is 0 Å². The van der Waals surface area contributed by atoms with Gasteiger partial charge in [0.15, 0.2) is 6.61 Å². The maximum atomic E-state index is 12.4. The fraction of sp³-hybridized carbons (Fsp3) is 0.333. The summed E-state index contributed by atoms with van der Waals surface area (Å²) in [5.41, 5.74) is 3.77. The Morgan fingerprint density at radius 2 is 1.69 bits per heavy atom. The Balaban J connectivity index is 1.50. The second-order valence-corrected chi connectivity index (χ2v) is 8.66. The molecule has 152 valence electrons. The highest BCUT2D eigenvalue weighted by Gasteiger charge is 2.18. The third kappa shape index (κ3) is 5.79. The van der Waals surface area contributed by atoms with Crippen LogP contribution in [0.1, 0.15) is 49.1 Å². The molecule has 2 N–H and O–H groups in total. The van der Waals surface area contributed by atoms with Gasteiger partial charge < -0.3 is 4.74 Å². The Hall–Kier alpha value is -2.89. The molecule has 2 aromatic rings. The summed E-state index contributed by atoms with van der Waals surface area (Å²) in [7, 11) is -3.87. The number of hydrazine groups is 1. The molecule has 0 saturated heterocycles. The maximum absolute atomic E-state index is 12.4. The molecule has 3 rings (SSSR count). The quantitative estimate of drug-likeness (QED) is 0.679. The molecule has 0 heterocycles. The van der Waals surface area contributed by atoms with E-state index in [1.54, 1.807) is 36.4 Å². The van der Waals surface area contributed by atoms with Crippen molar-refractivity contribution < 1.29 is 17.9 Å². The Labute approximate surface area is 170 Å². The molecular weight excluding hydrogens is 390 g/mol. The number of benzene rings is 2. The van der Waals surface area contributed by atoms with Gasteiger partial charge in [0.2, 0.25) is 0 Å². The van der Waals surface area contributed by atoms with E-state index in [4.69, 9.17) is 10.00 Å². The summed E-state index contributed by atoms with van der Waals surface area (Å²) in [4.78, 5) is 14.0. The summed E-state index contributed by atoms with van der Waals surface area (Å²) in [6.45, 7) is -0.366. The van der Waals surface area contributed by atoms with Gasteiger partial charge in [-0.3, -0.25) is 10.2 Å². The lowest BCUT2D eigenvalue weighted by Gasteiger charge is -2.22. The zero-order valence-electron chi connectivity index (χ0n) is 15.9. The molecule has 8 heteroatoms. The molecule has 1 saturated carbocycles. The predicted octanol–water partition coefficient (Wildman–Crippen LogP) is 2.99. The van der Waals surface area contributed by atoms with Crippen molar-refractivity contribution >= 4 is 15.9 Å². The van der Waals surface area contributed by atoms with Crippen molar-refractivity contribution in [3.8, 4) is 11.8 Å². The highest BCUT2D eigenvalue weighted by molar-refractivity contribution is 7.89. The standard InChI is InChI=1S/C21H23N3O4S/c22-14-16-6-10-19(11-7-16)28-15-21(25)23-24-29(26,27)20-12-8-18(9-13-20)17-4-2-1-3-5-17/h6-13,17,24H,1-5,15H2,(H,23,25). The van der Waals surface area contributed by atoms with Gasteiger partial charge in [-0.2, -0.15) is 5.26 Å². The molecule has 7 nitrogen and oxygen atoms in total. The lowest BCUT2D eigenvalue weighted by Crippen LogP contribution is -2.43. The second-order valence-electron chi connectivity index (χ2n) is 6.98. The molecular formula is C21H23N3O4S. The molecule has 0 spiro atoms. The van der Waals surface area contributed by atoms with Crippen molar-refractivity contribution in [2.75, 3.05) is 6.61 Å². The minimum atomic E-state index is -3.87. The van der Waals surface area contributed by atoms with E-state index in [0.29, 0.717) is 17.2 Å². The average molecular weight is 413 g/mol. The number of hydrogen-bond acceptors (Lipinski definition) is 5. The van der Waals surface area contributed by atoms with Crippen molar-refractivity contribution in [1.29, 1.82) is 5.26 Å². The summed E-state index contributed by atoms with van der Waals surface area (Å²) >= 11 is 0. The lowest BCUT2D eigenvalue weighted by atomic mass is 9.84. The molecule has 0 aromatic heterocycles. The van der Waals surface area contributed by atoms with Crippen LogP contribution in [-0.4, -0.2) is 20.9 Å². The highest BCUT2D eigenvalue weighted by atomic mass is 32.2. The van der Waals surface area contributed by atoms with Gasteiger partial charge in [-0.05, 0) is 60.7 Å². The number of ether oxygens (including phenoxy) is 1. The molecule has 1 fully saturated rings. The van der Waals surface area contributed by atoms with Crippen LogP contribution in [0.15, 0.2) is 53.4 Å². The zero-order valence-corrected chi connectivity index (χ0v) is 16.7. The topological polar surface area (TPSA) is 108 Å². The third-order valence-electron chi connectivity index (χ3n) is 4.95. The normalized spacial score (nSPS) is 14.7. The summed E-state index contributed by atoms with van der Waals surface area (Å²) in [6, 6.07) is 15.0. The fourth-order valence-corrected chi connectivity index (χ4v) is 4.21. The smallest absolute Gasteiger partial charge is 0.272 e. The Morgan fingerprint density at radius 3 is 2.31 bits per heavy atom. The van der Waals surface area contributed by atoms with Gasteiger partial charge in [0, 0.05) is 0 Å². The van der Waals surface area contributed by atoms with Gasteiger partial charge in [-0.15, -0.1) is 4.83 Å². The van der Waals surface area contributed by atoms with Crippen LogP contribution < -0.4 is 15.0 Å². The monoisotopic (exact) mass is 413 g/mol. The van der Waals surface area contributed by atoms with E-state index in [0.717, 1.165) is 18.4 Å². The number of sulfonamides is 1. The Morgan fingerprint density at radius 1 is 1.03 bits per heavy atom. The molecule has 0 atom stereocenters. The van der Waals surface area contributed by atoms with Crippen LogP contribution in [0.2, 0.25) is 0 Å². The largest absolute Gasteiger partial charge is 0.484 e. The van der Waals surface area contributed by atoms with Crippen LogP contribution in [-0.2, 0) is 14.8 Å². The maximum Gasteiger partial charge on any atom is 0.272 e. The summed E-state index contributed by atoms with van der Waals surface area (Å²) in [6.07, 6.45) is 5.96. The number of nitrogens with one attached hydrogen (secondary N) is 2. The number of nitriles is 1. The van der Waals surface area contributed by atoms with E-state index in [1.807, 2.05) is 18.2 Å². The number of rotatable bonds is 7. The van der Waals surface area contributed by atoms with Gasteiger partial charge in [0.25, 0.3) is 15.9 Å². The molecule has 29 heavy (non-hydrogen) atoms. The molecule has 1 aliphatic rings. The first-order chi connectivity index (χ1) is 14.0. The van der Waals surface area contributed by atoms with Crippen LogP contribution in [0.5, 0.6) is 5.75 Å². The summed E-state index contributed by atoms with van der Waals surface area (Å²) in [5.74, 6) is 0.254. The molecule has 1 amide bonds. The minimum Gasteiger partial charge on any atom is -0.484 e. The predicted molar refractivity (Wildman–Crippen MR) is 107 cm³/mol. The first-order valence-corrected chi connectivity index (χ1v) is 11.0. The Bertz CT molecular complexity index is 974. The minimum absolute atomic E-state index is 0.0883. The van der Waals surface area contributed by atoms with E-state index in [-0.39, 0.29) is 11.5 Å². The highest BCUT2D eigenvalue weighted by Crippen LogP contribution is 2.32. The van der Waals surface area contributed by atoms with E-state index in [9.17, 15) is 13.2 Å². The fourth-order valence-electron chi connectivity index (χ4n) is 3.35. The second kappa shape index (κ2) is 9.54. The number of hydrogen-bond donors (Lipinski definition) is 2. The molecule has 0 radical (unpaired) electrons. The number of carbonyl (C=O) groups excluding carboxylic acids is 1. The van der Waals surface area contributed by atoms with Crippen molar-refractivity contribution in [2.24, 2.45) is 0 Å². The summed E-state index contributed by atoms with van der Waals surface area (Å²) in [5, 5.41) is 8.75. The van der Waals surface area contributed by atoms with E-state index >= 15 is 0 Å². The van der Waals surface area contributed by atoms with Gasteiger partial charge in [0.05, 0.1) is 16.5 Å². The van der Waals surface area contributed by atoms with E-state index < -0.39 is 15.9 Å². The first kappa shape index (κ1) is 20.8. The van der Waals surface area contributed by atoms with Crippen LogP contribution in [0.25, 0.3) is 0 Å². The molecule has 1 aliphatic carbocycles. The Kier molecular flexibility index (Phi) is 6.86. The van der Waals surface area contributed by atoms with Gasteiger partial charge in [-0.25, -0.2) is 8.42 Å².